The molecule has 0 amide bonds. The predicted molar refractivity (Wildman–Crippen MR) is 96.9 cm³/mol. The Labute approximate surface area is 167 Å². The second-order valence-corrected chi connectivity index (χ2v) is 6.43. The number of halogens is 5. The van der Waals surface area contributed by atoms with E-state index in [-0.39, 0.29) is 11.9 Å². The first-order valence-electron chi connectivity index (χ1n) is 8.84. The lowest BCUT2D eigenvalue weighted by Crippen LogP contribution is -2.32. The predicted octanol–water partition coefficient (Wildman–Crippen LogP) is 3.96. The van der Waals surface area contributed by atoms with Gasteiger partial charge in [-0.15, -0.1) is 0 Å². The van der Waals surface area contributed by atoms with E-state index < -0.39 is 40.8 Å². The van der Waals surface area contributed by atoms with Crippen LogP contribution in [0, 0.1) is 29.1 Å². The zero-order valence-corrected chi connectivity index (χ0v) is 15.5. The Morgan fingerprint density at radius 3 is 2.17 bits per heavy atom. The van der Waals surface area contributed by atoms with Crippen LogP contribution in [0.4, 0.5) is 33.8 Å². The number of nitrogens with zero attached hydrogens (tertiary/aromatic N) is 4. The number of benzene rings is 2. The zero-order valence-electron chi connectivity index (χ0n) is 15.5. The summed E-state index contributed by atoms with van der Waals surface area (Å²) in [5, 5.41) is 2.65. The third-order valence-electron chi connectivity index (χ3n) is 4.60. The fourth-order valence-electron chi connectivity index (χ4n) is 3.08. The number of nitrogens with one attached hydrogen (secondary N) is 1. The monoisotopic (exact) mass is 423 g/mol. The standard InChI is InChI=1S/C19H14F5N5O/c1-25-17-26-18(29-7-6-9-4-2-3-5-10(9)8-29)28-19(27-17)30-16-14(23)12(21)11(20)13(22)15(16)24/h2-5H,6-8H2,1H3,(H,25,26,27,28). The van der Waals surface area contributed by atoms with Crippen LogP contribution in [-0.4, -0.2) is 28.5 Å². The largest absolute Gasteiger partial charge is 0.418 e. The Bertz CT molecular complexity index is 1100. The fraction of sp³-hybridized carbons (Fsp3) is 0.211. The van der Waals surface area contributed by atoms with Crippen molar-refractivity contribution in [2.45, 2.75) is 13.0 Å². The lowest BCUT2D eigenvalue weighted by molar-refractivity contribution is 0.322. The molecule has 3 aromatic rings. The van der Waals surface area contributed by atoms with Crippen LogP contribution in [0.5, 0.6) is 11.8 Å². The summed E-state index contributed by atoms with van der Waals surface area (Å²) in [5.41, 5.74) is 2.23. The molecule has 0 radical (unpaired) electrons. The topological polar surface area (TPSA) is 63.2 Å². The van der Waals surface area contributed by atoms with Crippen molar-refractivity contribution in [1.29, 1.82) is 0 Å². The molecule has 0 bridgehead atoms. The van der Waals surface area contributed by atoms with Gasteiger partial charge in [-0.25, -0.2) is 13.2 Å². The second kappa shape index (κ2) is 7.73. The smallest absolute Gasteiger partial charge is 0.328 e. The van der Waals surface area contributed by atoms with Gasteiger partial charge < -0.3 is 15.0 Å². The third kappa shape index (κ3) is 3.46. The van der Waals surface area contributed by atoms with E-state index in [9.17, 15) is 22.0 Å². The average molecular weight is 423 g/mol. The number of hydrogen-bond donors (Lipinski definition) is 1. The van der Waals surface area contributed by atoms with Gasteiger partial charge >= 0.3 is 6.01 Å². The van der Waals surface area contributed by atoms with Gasteiger partial charge in [-0.05, 0) is 17.5 Å². The maximum absolute atomic E-state index is 13.9. The molecule has 0 aliphatic carbocycles. The molecule has 1 aliphatic rings. The van der Waals surface area contributed by atoms with Gasteiger partial charge in [-0.2, -0.15) is 23.7 Å². The fourth-order valence-corrected chi connectivity index (χ4v) is 3.08. The lowest BCUT2D eigenvalue weighted by Gasteiger charge is -2.29. The van der Waals surface area contributed by atoms with Gasteiger partial charge in [-0.3, -0.25) is 0 Å². The first-order chi connectivity index (χ1) is 14.4. The molecule has 1 N–H and O–H groups in total. The highest BCUT2D eigenvalue weighted by Crippen LogP contribution is 2.32. The molecule has 0 unspecified atom stereocenters. The van der Waals surface area contributed by atoms with E-state index in [0.29, 0.717) is 19.5 Å². The van der Waals surface area contributed by atoms with Crippen molar-refractivity contribution in [2.24, 2.45) is 0 Å². The number of rotatable bonds is 4. The zero-order chi connectivity index (χ0) is 21.4. The van der Waals surface area contributed by atoms with E-state index in [1.54, 1.807) is 4.90 Å². The number of anilines is 2. The summed E-state index contributed by atoms with van der Waals surface area (Å²) in [5.74, 6) is -12.1. The summed E-state index contributed by atoms with van der Waals surface area (Å²) >= 11 is 0. The van der Waals surface area contributed by atoms with Crippen LogP contribution in [0.3, 0.4) is 0 Å². The van der Waals surface area contributed by atoms with Crippen molar-refractivity contribution in [3.63, 3.8) is 0 Å². The summed E-state index contributed by atoms with van der Waals surface area (Å²) in [6.07, 6.45) is 0.713. The van der Waals surface area contributed by atoms with Crippen LogP contribution >= 0.6 is 0 Å². The van der Waals surface area contributed by atoms with Gasteiger partial charge in [-0.1, -0.05) is 24.3 Å². The van der Waals surface area contributed by atoms with Crippen molar-refractivity contribution in [3.05, 3.63) is 64.5 Å². The van der Waals surface area contributed by atoms with E-state index in [4.69, 9.17) is 4.74 Å². The minimum absolute atomic E-state index is 0.00210. The molecule has 0 saturated heterocycles. The number of hydrogen-bond acceptors (Lipinski definition) is 6. The number of ether oxygens (including phenoxy) is 1. The molecule has 2 heterocycles. The molecular formula is C19H14F5N5O. The molecule has 0 spiro atoms. The van der Waals surface area contributed by atoms with Crippen molar-refractivity contribution in [1.82, 2.24) is 15.0 Å². The van der Waals surface area contributed by atoms with Gasteiger partial charge in [0.1, 0.15) is 0 Å². The van der Waals surface area contributed by atoms with Crippen LogP contribution in [-0.2, 0) is 13.0 Å². The molecule has 0 atom stereocenters. The SMILES string of the molecule is CNc1nc(Oc2c(F)c(F)c(F)c(F)c2F)nc(N2CCc3ccccc3C2)n1. The molecule has 0 saturated carbocycles. The third-order valence-corrected chi connectivity index (χ3v) is 4.60. The molecule has 156 valence electrons. The van der Waals surface area contributed by atoms with Crippen molar-refractivity contribution >= 4 is 11.9 Å². The second-order valence-electron chi connectivity index (χ2n) is 6.43. The van der Waals surface area contributed by atoms with Gasteiger partial charge in [0.25, 0.3) is 0 Å². The first kappa shape index (κ1) is 19.8. The molecule has 6 nitrogen and oxygen atoms in total. The summed E-state index contributed by atoms with van der Waals surface area (Å²) in [7, 11) is 1.49. The number of fused-ring (bicyclic) bond motifs is 1. The van der Waals surface area contributed by atoms with E-state index in [2.05, 4.69) is 20.3 Å². The van der Waals surface area contributed by atoms with Crippen molar-refractivity contribution in [2.75, 3.05) is 23.8 Å². The highest BCUT2D eigenvalue weighted by molar-refractivity contribution is 5.44. The number of aromatic nitrogens is 3. The maximum atomic E-state index is 13.9. The van der Waals surface area contributed by atoms with Gasteiger partial charge in [0.2, 0.25) is 46.7 Å². The Morgan fingerprint density at radius 2 is 1.50 bits per heavy atom. The Balaban J connectivity index is 1.70. The van der Waals surface area contributed by atoms with Crippen LogP contribution in [0.25, 0.3) is 0 Å². The molecule has 2 aromatic carbocycles. The van der Waals surface area contributed by atoms with Gasteiger partial charge in [0.15, 0.2) is 0 Å². The normalized spacial score (nSPS) is 13.2. The summed E-state index contributed by atoms with van der Waals surface area (Å²) < 4.78 is 72.9. The van der Waals surface area contributed by atoms with Crippen LogP contribution < -0.4 is 15.0 Å². The molecule has 4 rings (SSSR count). The first-order valence-corrected chi connectivity index (χ1v) is 8.84. The minimum atomic E-state index is -2.28. The maximum Gasteiger partial charge on any atom is 0.328 e. The summed E-state index contributed by atoms with van der Waals surface area (Å²) in [6, 6.07) is 7.18. The molecule has 11 heteroatoms. The Kier molecular flexibility index (Phi) is 5.10. The van der Waals surface area contributed by atoms with Crippen LogP contribution in [0.1, 0.15) is 11.1 Å². The summed E-state index contributed by atoms with van der Waals surface area (Å²) in [6.45, 7) is 1.01. The highest BCUT2D eigenvalue weighted by Gasteiger charge is 2.29. The summed E-state index contributed by atoms with van der Waals surface area (Å²) in [4.78, 5) is 13.8. The molecule has 30 heavy (non-hydrogen) atoms. The molecule has 1 aliphatic heterocycles. The van der Waals surface area contributed by atoms with Crippen molar-refractivity contribution < 1.29 is 26.7 Å². The Hall–Kier alpha value is -3.50. The van der Waals surface area contributed by atoms with E-state index in [0.717, 1.165) is 5.56 Å². The molecule has 1 aromatic heterocycles. The average Bonchev–Trinajstić information content (AvgIpc) is 2.78. The highest BCUT2D eigenvalue weighted by atomic mass is 19.2. The van der Waals surface area contributed by atoms with Crippen LogP contribution in [0.15, 0.2) is 24.3 Å². The van der Waals surface area contributed by atoms with E-state index in [1.165, 1.54) is 12.6 Å². The van der Waals surface area contributed by atoms with Gasteiger partial charge in [0, 0.05) is 20.1 Å². The van der Waals surface area contributed by atoms with Crippen LogP contribution in [0.2, 0.25) is 0 Å². The molecule has 0 fully saturated rings. The lowest BCUT2D eigenvalue weighted by atomic mass is 10.0. The van der Waals surface area contributed by atoms with Crippen molar-refractivity contribution in [3.8, 4) is 11.8 Å². The van der Waals surface area contributed by atoms with E-state index in [1.807, 2.05) is 24.3 Å². The van der Waals surface area contributed by atoms with Gasteiger partial charge in [0.05, 0.1) is 0 Å². The Morgan fingerprint density at radius 1 is 0.867 bits per heavy atom. The van der Waals surface area contributed by atoms with E-state index >= 15 is 0 Å². The minimum Gasteiger partial charge on any atom is -0.418 e. The quantitative estimate of drug-likeness (QED) is 0.389. The molecular weight excluding hydrogens is 409 g/mol.